The molecule has 0 atom stereocenters. The van der Waals surface area contributed by atoms with E-state index in [9.17, 15) is 0 Å². The summed E-state index contributed by atoms with van der Waals surface area (Å²) < 4.78 is 0. The van der Waals surface area contributed by atoms with E-state index >= 15 is 0 Å². The molecular weight excluding hydrogens is 172 g/mol. The molecule has 0 aliphatic heterocycles. The molecule has 0 fully saturated rings. The number of aromatic nitrogens is 2. The van der Waals surface area contributed by atoms with Crippen molar-refractivity contribution in [1.29, 1.82) is 0 Å². The zero-order valence-electron chi connectivity index (χ0n) is 7.39. The van der Waals surface area contributed by atoms with Gasteiger partial charge < -0.3 is 4.98 Å². The Kier molecular flexibility index (Phi) is 5.13. The van der Waals surface area contributed by atoms with Crippen LogP contribution in [0.15, 0.2) is 13.2 Å². The van der Waals surface area contributed by atoms with Crippen molar-refractivity contribution < 1.29 is 0 Å². The van der Waals surface area contributed by atoms with Crippen molar-refractivity contribution in [3.63, 3.8) is 0 Å². The largest absolute Gasteiger partial charge is 0.329 e. The summed E-state index contributed by atoms with van der Waals surface area (Å²) in [7, 11) is 0. The molecule has 2 nitrogen and oxygen atoms in total. The van der Waals surface area contributed by atoms with Crippen LogP contribution in [0.4, 0.5) is 0 Å². The van der Waals surface area contributed by atoms with Crippen LogP contribution in [-0.4, -0.2) is 9.97 Å². The Hall–Kier alpha value is -1.02. The standard InChI is InChI=1S/C7H7ClN2.C2H6/c1-3-5-6(4-2)10-7(8)9-5;1-2/h3-4H,1-2H2,(H,9,10);1-2H3. The number of imidazole rings is 1. The first-order valence-corrected chi connectivity index (χ1v) is 4.16. The van der Waals surface area contributed by atoms with Gasteiger partial charge in [0.2, 0.25) is 5.28 Å². The molecule has 0 radical (unpaired) electrons. The summed E-state index contributed by atoms with van der Waals surface area (Å²) >= 11 is 5.56. The molecule has 3 heteroatoms. The molecule has 0 aromatic carbocycles. The van der Waals surface area contributed by atoms with E-state index in [1.165, 1.54) is 0 Å². The summed E-state index contributed by atoms with van der Waals surface area (Å²) in [6, 6.07) is 0. The van der Waals surface area contributed by atoms with Gasteiger partial charge in [0.25, 0.3) is 0 Å². The smallest absolute Gasteiger partial charge is 0.201 e. The number of hydrogen-bond donors (Lipinski definition) is 1. The fourth-order valence-electron chi connectivity index (χ4n) is 0.680. The van der Waals surface area contributed by atoms with Gasteiger partial charge in [0.1, 0.15) is 0 Å². The Labute approximate surface area is 78.0 Å². The van der Waals surface area contributed by atoms with Crippen molar-refractivity contribution >= 4 is 23.8 Å². The summed E-state index contributed by atoms with van der Waals surface area (Å²) in [4.78, 5) is 6.73. The lowest BCUT2D eigenvalue weighted by atomic mass is 10.3. The van der Waals surface area contributed by atoms with Crippen LogP contribution in [0.5, 0.6) is 0 Å². The van der Waals surface area contributed by atoms with E-state index in [0.717, 1.165) is 11.4 Å². The van der Waals surface area contributed by atoms with Crippen molar-refractivity contribution in [3.8, 4) is 0 Å². The van der Waals surface area contributed by atoms with E-state index in [1.54, 1.807) is 12.2 Å². The van der Waals surface area contributed by atoms with Crippen LogP contribution < -0.4 is 0 Å². The lowest BCUT2D eigenvalue weighted by Gasteiger charge is -1.83. The average Bonchev–Trinajstić information content (AvgIpc) is 2.49. The van der Waals surface area contributed by atoms with Gasteiger partial charge in [0.05, 0.1) is 11.4 Å². The molecule has 1 aromatic rings. The second-order valence-corrected chi connectivity index (χ2v) is 2.09. The molecule has 1 rings (SSSR count). The Morgan fingerprint density at radius 1 is 1.33 bits per heavy atom. The third-order valence-corrected chi connectivity index (χ3v) is 1.31. The molecule has 0 unspecified atom stereocenters. The topological polar surface area (TPSA) is 28.7 Å². The lowest BCUT2D eigenvalue weighted by molar-refractivity contribution is 1.30. The van der Waals surface area contributed by atoms with E-state index in [4.69, 9.17) is 11.6 Å². The van der Waals surface area contributed by atoms with Crippen molar-refractivity contribution in [2.75, 3.05) is 0 Å². The third kappa shape index (κ3) is 2.55. The van der Waals surface area contributed by atoms with Gasteiger partial charge in [0.15, 0.2) is 0 Å². The molecule has 0 spiro atoms. The summed E-state index contributed by atoms with van der Waals surface area (Å²) in [5.41, 5.74) is 1.54. The van der Waals surface area contributed by atoms with Crippen LogP contribution in [0.2, 0.25) is 5.28 Å². The molecule has 0 amide bonds. The van der Waals surface area contributed by atoms with Gasteiger partial charge in [-0.15, -0.1) is 0 Å². The van der Waals surface area contributed by atoms with Crippen molar-refractivity contribution in [3.05, 3.63) is 29.8 Å². The summed E-state index contributed by atoms with van der Waals surface area (Å²) in [6.07, 6.45) is 3.27. The number of nitrogens with one attached hydrogen (secondary N) is 1. The molecule has 0 bridgehead atoms. The van der Waals surface area contributed by atoms with Crippen LogP contribution in [-0.2, 0) is 0 Å². The molecule has 1 N–H and O–H groups in total. The number of rotatable bonds is 2. The lowest BCUT2D eigenvalue weighted by Crippen LogP contribution is -1.73. The van der Waals surface area contributed by atoms with Crippen LogP contribution in [0.1, 0.15) is 25.2 Å². The summed E-state index contributed by atoms with van der Waals surface area (Å²) in [5, 5.41) is 0.366. The van der Waals surface area contributed by atoms with Crippen molar-refractivity contribution in [1.82, 2.24) is 9.97 Å². The summed E-state index contributed by atoms with van der Waals surface area (Å²) in [5.74, 6) is 0. The summed E-state index contributed by atoms with van der Waals surface area (Å²) in [6.45, 7) is 11.1. The third-order valence-electron chi connectivity index (χ3n) is 1.13. The predicted octanol–water partition coefficient (Wildman–Crippen LogP) is 3.38. The number of halogens is 1. The predicted molar refractivity (Wildman–Crippen MR) is 55.1 cm³/mol. The van der Waals surface area contributed by atoms with E-state index < -0.39 is 0 Å². The Bertz CT molecular complexity index is 238. The van der Waals surface area contributed by atoms with Crippen LogP contribution in [0.3, 0.4) is 0 Å². The Morgan fingerprint density at radius 2 is 1.92 bits per heavy atom. The molecule has 1 heterocycles. The Morgan fingerprint density at radius 3 is 2.25 bits per heavy atom. The molecule has 0 saturated heterocycles. The molecule has 66 valence electrons. The minimum absolute atomic E-state index is 0.366. The van der Waals surface area contributed by atoms with Crippen molar-refractivity contribution in [2.24, 2.45) is 0 Å². The van der Waals surface area contributed by atoms with Gasteiger partial charge in [-0.1, -0.05) is 27.0 Å². The minimum Gasteiger partial charge on any atom is -0.329 e. The Balaban J connectivity index is 0.000000561. The van der Waals surface area contributed by atoms with Crippen LogP contribution in [0.25, 0.3) is 12.2 Å². The zero-order chi connectivity index (χ0) is 9.56. The minimum atomic E-state index is 0.366. The molecule has 12 heavy (non-hydrogen) atoms. The maximum atomic E-state index is 5.56. The van der Waals surface area contributed by atoms with Gasteiger partial charge in [-0.05, 0) is 23.8 Å². The maximum absolute atomic E-state index is 5.56. The first kappa shape index (κ1) is 11.0. The van der Waals surface area contributed by atoms with E-state index in [2.05, 4.69) is 23.1 Å². The fourth-order valence-corrected chi connectivity index (χ4v) is 0.873. The second-order valence-electron chi connectivity index (χ2n) is 1.73. The monoisotopic (exact) mass is 184 g/mol. The van der Waals surface area contributed by atoms with Gasteiger partial charge in [-0.3, -0.25) is 0 Å². The first-order chi connectivity index (χ1) is 5.77. The van der Waals surface area contributed by atoms with Gasteiger partial charge in [0, 0.05) is 0 Å². The average molecular weight is 185 g/mol. The molecular formula is C9H13ClN2. The highest BCUT2D eigenvalue weighted by molar-refractivity contribution is 6.28. The number of hydrogen-bond acceptors (Lipinski definition) is 1. The second kappa shape index (κ2) is 5.61. The SMILES string of the molecule is C=Cc1nc(Cl)[nH]c1C=C.CC. The highest BCUT2D eigenvalue weighted by Crippen LogP contribution is 2.11. The molecule has 0 aliphatic carbocycles. The quantitative estimate of drug-likeness (QED) is 0.750. The highest BCUT2D eigenvalue weighted by atomic mass is 35.5. The van der Waals surface area contributed by atoms with E-state index in [0.29, 0.717) is 5.28 Å². The maximum Gasteiger partial charge on any atom is 0.201 e. The zero-order valence-corrected chi connectivity index (χ0v) is 8.15. The molecule has 0 aliphatic rings. The van der Waals surface area contributed by atoms with E-state index in [-0.39, 0.29) is 0 Å². The fraction of sp³-hybridized carbons (Fsp3) is 0.222. The number of H-pyrrole nitrogens is 1. The van der Waals surface area contributed by atoms with Crippen molar-refractivity contribution in [2.45, 2.75) is 13.8 Å². The van der Waals surface area contributed by atoms with Gasteiger partial charge >= 0.3 is 0 Å². The normalized spacial score (nSPS) is 8.25. The van der Waals surface area contributed by atoms with Crippen LogP contribution >= 0.6 is 11.6 Å². The van der Waals surface area contributed by atoms with Gasteiger partial charge in [-0.2, -0.15) is 0 Å². The first-order valence-electron chi connectivity index (χ1n) is 3.78. The highest BCUT2D eigenvalue weighted by Gasteiger charge is 2.00. The number of aromatic amines is 1. The van der Waals surface area contributed by atoms with Crippen LogP contribution in [0, 0.1) is 0 Å². The van der Waals surface area contributed by atoms with Gasteiger partial charge in [-0.25, -0.2) is 4.98 Å². The molecule has 0 saturated carbocycles. The number of nitrogens with zero attached hydrogens (tertiary/aromatic N) is 1. The van der Waals surface area contributed by atoms with E-state index in [1.807, 2.05) is 13.8 Å². The molecule has 1 aromatic heterocycles.